The van der Waals surface area contributed by atoms with Crippen LogP contribution in [0.25, 0.3) is 10.9 Å². The first kappa shape index (κ1) is 20.0. The summed E-state index contributed by atoms with van der Waals surface area (Å²) in [7, 11) is -1.95. The topological polar surface area (TPSA) is 22.1 Å². The molecule has 0 bridgehead atoms. The van der Waals surface area contributed by atoms with Gasteiger partial charge in [0, 0.05) is 11.6 Å². The Morgan fingerprint density at radius 3 is 2.20 bits per heavy atom. The van der Waals surface area contributed by atoms with Crippen LogP contribution in [-0.4, -0.2) is 13.3 Å². The van der Waals surface area contributed by atoms with Crippen molar-refractivity contribution in [2.45, 2.75) is 84.4 Å². The maximum atomic E-state index is 7.03. The summed E-state index contributed by atoms with van der Waals surface area (Å²) in [5.41, 5.74) is 4.14. The molecule has 0 aliphatic heterocycles. The third kappa shape index (κ3) is 4.08. The number of fused-ring (bicyclic) bond motifs is 1. The van der Waals surface area contributed by atoms with E-state index in [0.717, 1.165) is 17.7 Å². The average Bonchev–Trinajstić information content (AvgIpc) is 2.56. The Morgan fingerprint density at radius 1 is 1.00 bits per heavy atom. The number of hydrogen-bond donors (Lipinski definition) is 0. The normalized spacial score (nSPS) is 12.6. The molecule has 2 rings (SSSR count). The SMILES string of the molecule is CCCCc1cc2ncccc2cc1O[Si](C(C)C)(C(C)C)C(C)C. The standard InChI is InChI=1S/C22H35NOSi/c1-8-9-11-20-14-21-19(12-10-13-23-21)15-22(20)24-25(16(2)3,17(4)5)18(6)7/h10,12-18H,8-9,11H2,1-7H3. The molecule has 0 radical (unpaired) electrons. The van der Waals surface area contributed by atoms with Crippen LogP contribution < -0.4 is 4.43 Å². The Kier molecular flexibility index (Phi) is 6.67. The first-order valence-electron chi connectivity index (χ1n) is 9.89. The fraction of sp³-hybridized carbons (Fsp3) is 0.591. The molecule has 138 valence electrons. The van der Waals surface area contributed by atoms with Gasteiger partial charge < -0.3 is 4.43 Å². The van der Waals surface area contributed by atoms with Gasteiger partial charge >= 0.3 is 0 Å². The lowest BCUT2D eigenvalue weighted by Crippen LogP contribution is -2.50. The minimum atomic E-state index is -1.95. The van der Waals surface area contributed by atoms with Crippen molar-refractivity contribution < 1.29 is 4.43 Å². The molecule has 0 amide bonds. The number of hydrogen-bond acceptors (Lipinski definition) is 2. The zero-order valence-corrected chi connectivity index (χ0v) is 18.1. The monoisotopic (exact) mass is 357 g/mol. The molecule has 25 heavy (non-hydrogen) atoms. The van der Waals surface area contributed by atoms with Crippen molar-refractivity contribution in [3.8, 4) is 5.75 Å². The van der Waals surface area contributed by atoms with E-state index in [-0.39, 0.29) is 0 Å². The Balaban J connectivity index is 2.56. The van der Waals surface area contributed by atoms with Gasteiger partial charge in [-0.25, -0.2) is 0 Å². The molecule has 1 aromatic carbocycles. The molecule has 0 atom stereocenters. The van der Waals surface area contributed by atoms with E-state index in [9.17, 15) is 0 Å². The smallest absolute Gasteiger partial charge is 0.258 e. The van der Waals surface area contributed by atoms with Crippen LogP contribution in [0, 0.1) is 0 Å². The van der Waals surface area contributed by atoms with Gasteiger partial charge in [0.05, 0.1) is 5.52 Å². The summed E-state index contributed by atoms with van der Waals surface area (Å²) in [6.07, 6.45) is 5.33. The van der Waals surface area contributed by atoms with Crippen LogP contribution in [0.2, 0.25) is 16.6 Å². The molecular formula is C22H35NOSi. The van der Waals surface area contributed by atoms with Crippen LogP contribution in [0.3, 0.4) is 0 Å². The Bertz CT molecular complexity index is 672. The molecule has 1 heterocycles. The van der Waals surface area contributed by atoms with E-state index in [2.05, 4.69) is 71.6 Å². The highest BCUT2D eigenvalue weighted by Crippen LogP contribution is 2.44. The van der Waals surface area contributed by atoms with Crippen LogP contribution in [-0.2, 0) is 6.42 Å². The van der Waals surface area contributed by atoms with Crippen molar-refractivity contribution in [2.24, 2.45) is 0 Å². The van der Waals surface area contributed by atoms with Crippen molar-refractivity contribution in [2.75, 3.05) is 0 Å². The minimum Gasteiger partial charge on any atom is -0.542 e. The highest BCUT2D eigenvalue weighted by atomic mass is 28.4. The molecule has 1 aromatic heterocycles. The zero-order chi connectivity index (χ0) is 18.6. The van der Waals surface area contributed by atoms with E-state index < -0.39 is 8.32 Å². The molecule has 0 aliphatic rings. The zero-order valence-electron chi connectivity index (χ0n) is 17.1. The van der Waals surface area contributed by atoms with Gasteiger partial charge in [-0.2, -0.15) is 0 Å². The molecule has 0 N–H and O–H groups in total. The molecular weight excluding hydrogens is 322 g/mol. The van der Waals surface area contributed by atoms with E-state index in [0.29, 0.717) is 16.6 Å². The Labute approximate surface area is 155 Å². The van der Waals surface area contributed by atoms with E-state index in [1.54, 1.807) is 0 Å². The van der Waals surface area contributed by atoms with Crippen molar-refractivity contribution in [1.29, 1.82) is 0 Å². The molecule has 0 saturated carbocycles. The van der Waals surface area contributed by atoms with Gasteiger partial charge in [0.1, 0.15) is 5.75 Å². The summed E-state index contributed by atoms with van der Waals surface area (Å²) in [6, 6.07) is 8.64. The molecule has 3 heteroatoms. The second kappa shape index (κ2) is 8.35. The van der Waals surface area contributed by atoms with E-state index in [4.69, 9.17) is 4.43 Å². The largest absolute Gasteiger partial charge is 0.542 e. The quantitative estimate of drug-likeness (QED) is 0.469. The number of rotatable bonds is 8. The van der Waals surface area contributed by atoms with Gasteiger partial charge in [-0.1, -0.05) is 61.0 Å². The van der Waals surface area contributed by atoms with E-state index >= 15 is 0 Å². The Morgan fingerprint density at radius 2 is 1.64 bits per heavy atom. The summed E-state index contributed by atoms with van der Waals surface area (Å²) < 4.78 is 7.03. The van der Waals surface area contributed by atoms with E-state index in [1.165, 1.54) is 23.8 Å². The fourth-order valence-corrected chi connectivity index (χ4v) is 9.62. The van der Waals surface area contributed by atoms with Crippen LogP contribution in [0.15, 0.2) is 30.5 Å². The molecule has 0 spiro atoms. The highest BCUT2D eigenvalue weighted by Gasteiger charge is 2.47. The van der Waals surface area contributed by atoms with Crippen molar-refractivity contribution >= 4 is 19.2 Å². The Hall–Kier alpha value is -1.35. The minimum absolute atomic E-state index is 0.580. The average molecular weight is 358 g/mol. The van der Waals surface area contributed by atoms with Crippen molar-refractivity contribution in [3.05, 3.63) is 36.0 Å². The third-order valence-corrected chi connectivity index (χ3v) is 11.6. The van der Waals surface area contributed by atoms with E-state index in [1.807, 2.05) is 12.3 Å². The number of pyridine rings is 1. The summed E-state index contributed by atoms with van der Waals surface area (Å²) in [4.78, 5) is 4.55. The lowest BCUT2D eigenvalue weighted by Gasteiger charge is -2.42. The van der Waals surface area contributed by atoms with Gasteiger partial charge in [0.15, 0.2) is 0 Å². The number of unbranched alkanes of at least 4 members (excludes halogenated alkanes) is 1. The molecule has 0 saturated heterocycles. The fourth-order valence-electron chi connectivity index (χ4n) is 4.34. The highest BCUT2D eigenvalue weighted by molar-refractivity contribution is 6.78. The number of benzene rings is 1. The molecule has 0 aliphatic carbocycles. The third-order valence-electron chi connectivity index (χ3n) is 5.58. The lowest BCUT2D eigenvalue weighted by atomic mass is 10.0. The second-order valence-electron chi connectivity index (χ2n) is 8.18. The van der Waals surface area contributed by atoms with Gasteiger partial charge in [0.25, 0.3) is 8.32 Å². The predicted molar refractivity (Wildman–Crippen MR) is 112 cm³/mol. The van der Waals surface area contributed by atoms with Crippen LogP contribution >= 0.6 is 0 Å². The van der Waals surface area contributed by atoms with Gasteiger partial charge in [-0.15, -0.1) is 0 Å². The maximum Gasteiger partial charge on any atom is 0.258 e. The maximum absolute atomic E-state index is 7.03. The van der Waals surface area contributed by atoms with Crippen molar-refractivity contribution in [1.82, 2.24) is 4.98 Å². The first-order chi connectivity index (χ1) is 11.8. The molecule has 0 unspecified atom stereocenters. The number of aromatic nitrogens is 1. The predicted octanol–water partition coefficient (Wildman–Crippen LogP) is 7.13. The summed E-state index contributed by atoms with van der Waals surface area (Å²) in [6.45, 7) is 16.3. The van der Waals surface area contributed by atoms with Crippen LogP contribution in [0.1, 0.15) is 66.9 Å². The summed E-state index contributed by atoms with van der Waals surface area (Å²) in [5.74, 6) is 1.11. The van der Waals surface area contributed by atoms with Gasteiger partial charge in [0.2, 0.25) is 0 Å². The summed E-state index contributed by atoms with van der Waals surface area (Å²) in [5, 5.41) is 1.18. The first-order valence-corrected chi connectivity index (χ1v) is 12.0. The van der Waals surface area contributed by atoms with Crippen LogP contribution in [0.4, 0.5) is 0 Å². The molecule has 2 aromatic rings. The summed E-state index contributed by atoms with van der Waals surface area (Å²) >= 11 is 0. The molecule has 2 nitrogen and oxygen atoms in total. The van der Waals surface area contributed by atoms with Crippen molar-refractivity contribution in [3.63, 3.8) is 0 Å². The number of aryl methyl sites for hydroxylation is 1. The van der Waals surface area contributed by atoms with Gasteiger partial charge in [-0.05, 0) is 53.2 Å². The lowest BCUT2D eigenvalue weighted by molar-refractivity contribution is 0.474. The van der Waals surface area contributed by atoms with Gasteiger partial charge in [-0.3, -0.25) is 4.98 Å². The molecule has 0 fully saturated rings. The van der Waals surface area contributed by atoms with Crippen LogP contribution in [0.5, 0.6) is 5.75 Å². The second-order valence-corrected chi connectivity index (χ2v) is 13.6. The number of nitrogens with zero attached hydrogens (tertiary/aromatic N) is 1.